The molecule has 6 nitrogen and oxygen atoms in total. The summed E-state index contributed by atoms with van der Waals surface area (Å²) in [5.41, 5.74) is 3.08. The molecule has 3 rings (SSSR count). The van der Waals surface area contributed by atoms with Crippen molar-refractivity contribution in [1.29, 1.82) is 0 Å². The quantitative estimate of drug-likeness (QED) is 0.586. The standard InChI is InChI=1S/C19H19N3O3S2/c1-11-6-5-7-16(8-11)22(14(4)23)19-21-15(10-26-19)9-25-18(24)17-12(2)20-13(3)27-17/h5-8,10H,9H2,1-4H3. The highest BCUT2D eigenvalue weighted by molar-refractivity contribution is 7.14. The van der Waals surface area contributed by atoms with Crippen molar-refractivity contribution in [3.63, 3.8) is 0 Å². The summed E-state index contributed by atoms with van der Waals surface area (Å²) in [5.74, 6) is -0.538. The predicted molar refractivity (Wildman–Crippen MR) is 107 cm³/mol. The summed E-state index contributed by atoms with van der Waals surface area (Å²) in [7, 11) is 0. The Balaban J connectivity index is 1.74. The van der Waals surface area contributed by atoms with E-state index in [1.807, 2.05) is 38.1 Å². The molecule has 0 radical (unpaired) electrons. The number of esters is 1. The maximum atomic E-state index is 12.2. The van der Waals surface area contributed by atoms with Gasteiger partial charge in [0.05, 0.1) is 22.1 Å². The van der Waals surface area contributed by atoms with Gasteiger partial charge in [-0.3, -0.25) is 9.69 Å². The molecule has 0 saturated heterocycles. The Morgan fingerprint density at radius 3 is 2.59 bits per heavy atom. The number of aromatic nitrogens is 2. The van der Waals surface area contributed by atoms with Gasteiger partial charge in [-0.15, -0.1) is 22.7 Å². The molecule has 2 aromatic heterocycles. The van der Waals surface area contributed by atoms with E-state index in [1.165, 1.54) is 29.6 Å². The minimum Gasteiger partial charge on any atom is -0.455 e. The average Bonchev–Trinajstić information content (AvgIpc) is 3.19. The molecule has 8 heteroatoms. The highest BCUT2D eigenvalue weighted by Crippen LogP contribution is 2.29. The number of carbonyl (C=O) groups is 2. The Hall–Kier alpha value is -2.58. The molecule has 1 amide bonds. The Labute approximate surface area is 165 Å². The van der Waals surface area contributed by atoms with Crippen molar-refractivity contribution in [2.24, 2.45) is 0 Å². The summed E-state index contributed by atoms with van der Waals surface area (Å²) in [6, 6.07) is 7.66. The predicted octanol–water partition coefficient (Wildman–Crippen LogP) is 4.57. The number of hydrogen-bond acceptors (Lipinski definition) is 7. The van der Waals surface area contributed by atoms with Crippen LogP contribution in [0.1, 0.15) is 38.6 Å². The Morgan fingerprint density at radius 1 is 1.19 bits per heavy atom. The molecule has 0 atom stereocenters. The first-order valence-electron chi connectivity index (χ1n) is 8.28. The van der Waals surface area contributed by atoms with E-state index in [9.17, 15) is 9.59 Å². The number of anilines is 2. The van der Waals surface area contributed by atoms with Crippen LogP contribution in [0.15, 0.2) is 29.6 Å². The van der Waals surface area contributed by atoms with Crippen LogP contribution < -0.4 is 4.90 Å². The first kappa shape index (κ1) is 19.2. The molecule has 0 fully saturated rings. The van der Waals surface area contributed by atoms with E-state index in [4.69, 9.17) is 4.74 Å². The maximum Gasteiger partial charge on any atom is 0.350 e. The molecule has 0 unspecified atom stereocenters. The smallest absolute Gasteiger partial charge is 0.350 e. The van der Waals surface area contributed by atoms with E-state index in [2.05, 4.69) is 9.97 Å². The van der Waals surface area contributed by atoms with Gasteiger partial charge in [0.25, 0.3) is 0 Å². The zero-order valence-corrected chi connectivity index (χ0v) is 17.1. The van der Waals surface area contributed by atoms with Crippen molar-refractivity contribution >= 4 is 45.4 Å². The Bertz CT molecular complexity index is 994. The molecule has 0 bridgehead atoms. The lowest BCUT2D eigenvalue weighted by molar-refractivity contribution is -0.115. The van der Waals surface area contributed by atoms with Crippen molar-refractivity contribution in [1.82, 2.24) is 9.97 Å². The minimum absolute atomic E-state index is 0.0469. The lowest BCUT2D eigenvalue weighted by Gasteiger charge is -2.18. The second-order valence-electron chi connectivity index (χ2n) is 6.04. The van der Waals surface area contributed by atoms with Crippen molar-refractivity contribution in [2.45, 2.75) is 34.3 Å². The molecule has 0 saturated carbocycles. The fraction of sp³-hybridized carbons (Fsp3) is 0.263. The van der Waals surface area contributed by atoms with Crippen molar-refractivity contribution in [2.75, 3.05) is 4.90 Å². The van der Waals surface area contributed by atoms with Gasteiger partial charge in [-0.05, 0) is 38.5 Å². The lowest BCUT2D eigenvalue weighted by Crippen LogP contribution is -2.22. The van der Waals surface area contributed by atoms with Gasteiger partial charge in [0, 0.05) is 12.3 Å². The summed E-state index contributed by atoms with van der Waals surface area (Å²) in [5, 5.41) is 3.16. The summed E-state index contributed by atoms with van der Waals surface area (Å²) in [6.07, 6.45) is 0. The summed E-state index contributed by atoms with van der Waals surface area (Å²) in [6.45, 7) is 7.15. The van der Waals surface area contributed by atoms with Crippen LogP contribution in [0.25, 0.3) is 0 Å². The fourth-order valence-electron chi connectivity index (χ4n) is 2.58. The zero-order valence-electron chi connectivity index (χ0n) is 15.5. The molecule has 0 spiro atoms. The highest BCUT2D eigenvalue weighted by atomic mass is 32.1. The van der Waals surface area contributed by atoms with Gasteiger partial charge in [0.15, 0.2) is 5.13 Å². The van der Waals surface area contributed by atoms with Crippen molar-refractivity contribution in [3.05, 3.63) is 56.5 Å². The number of carbonyl (C=O) groups excluding carboxylic acids is 2. The average molecular weight is 402 g/mol. The van der Waals surface area contributed by atoms with Gasteiger partial charge < -0.3 is 4.74 Å². The number of benzene rings is 1. The van der Waals surface area contributed by atoms with Crippen LogP contribution >= 0.6 is 22.7 Å². The minimum atomic E-state index is -0.408. The molecule has 0 N–H and O–H groups in total. The number of aryl methyl sites for hydroxylation is 3. The van der Waals surface area contributed by atoms with Crippen LogP contribution in [0.5, 0.6) is 0 Å². The molecule has 0 aliphatic rings. The van der Waals surface area contributed by atoms with E-state index in [-0.39, 0.29) is 12.5 Å². The second kappa shape index (κ2) is 7.98. The number of thiazole rings is 2. The van der Waals surface area contributed by atoms with E-state index < -0.39 is 5.97 Å². The van der Waals surface area contributed by atoms with E-state index in [0.29, 0.717) is 21.4 Å². The third-order valence-electron chi connectivity index (χ3n) is 3.75. The molecular weight excluding hydrogens is 382 g/mol. The fourth-order valence-corrected chi connectivity index (χ4v) is 4.27. The van der Waals surface area contributed by atoms with Crippen molar-refractivity contribution < 1.29 is 14.3 Å². The second-order valence-corrected chi connectivity index (χ2v) is 8.08. The van der Waals surface area contributed by atoms with E-state index in [1.54, 1.807) is 17.2 Å². The van der Waals surface area contributed by atoms with Gasteiger partial charge in [-0.2, -0.15) is 0 Å². The van der Waals surface area contributed by atoms with Gasteiger partial charge in [0.2, 0.25) is 5.91 Å². The molecule has 140 valence electrons. The van der Waals surface area contributed by atoms with Crippen LogP contribution in [0, 0.1) is 20.8 Å². The molecule has 0 aliphatic carbocycles. The molecule has 2 heterocycles. The van der Waals surface area contributed by atoms with Gasteiger partial charge in [-0.1, -0.05) is 12.1 Å². The van der Waals surface area contributed by atoms with E-state index >= 15 is 0 Å². The monoisotopic (exact) mass is 401 g/mol. The van der Waals surface area contributed by atoms with Gasteiger partial charge >= 0.3 is 5.97 Å². The largest absolute Gasteiger partial charge is 0.455 e. The normalized spacial score (nSPS) is 10.7. The van der Waals surface area contributed by atoms with Crippen LogP contribution in [-0.4, -0.2) is 21.8 Å². The lowest BCUT2D eigenvalue weighted by atomic mass is 10.2. The van der Waals surface area contributed by atoms with E-state index in [0.717, 1.165) is 16.3 Å². The SMILES string of the molecule is CC(=O)N(c1cccc(C)c1)c1nc(COC(=O)c2sc(C)nc2C)cs1. The number of hydrogen-bond donors (Lipinski definition) is 0. The summed E-state index contributed by atoms with van der Waals surface area (Å²) in [4.78, 5) is 35.1. The number of amides is 1. The maximum absolute atomic E-state index is 12.2. The molecular formula is C19H19N3O3S2. The first-order chi connectivity index (χ1) is 12.8. The third kappa shape index (κ3) is 4.40. The Morgan fingerprint density at radius 2 is 1.96 bits per heavy atom. The van der Waals surface area contributed by atoms with Crippen molar-refractivity contribution in [3.8, 4) is 0 Å². The number of ether oxygens (including phenoxy) is 1. The molecule has 0 aliphatic heterocycles. The first-order valence-corrected chi connectivity index (χ1v) is 9.97. The Kier molecular flexibility index (Phi) is 5.67. The number of rotatable bonds is 5. The summed E-state index contributed by atoms with van der Waals surface area (Å²) >= 11 is 2.65. The molecule has 1 aromatic carbocycles. The topological polar surface area (TPSA) is 72.4 Å². The summed E-state index contributed by atoms with van der Waals surface area (Å²) < 4.78 is 5.36. The van der Waals surface area contributed by atoms with Crippen LogP contribution in [0.2, 0.25) is 0 Å². The molecule has 3 aromatic rings. The highest BCUT2D eigenvalue weighted by Gasteiger charge is 2.19. The van der Waals surface area contributed by atoms with Gasteiger partial charge in [0.1, 0.15) is 11.5 Å². The van der Waals surface area contributed by atoms with Crippen LogP contribution in [-0.2, 0) is 16.1 Å². The third-order valence-corrected chi connectivity index (χ3v) is 5.67. The molecule has 27 heavy (non-hydrogen) atoms. The van der Waals surface area contributed by atoms with Gasteiger partial charge in [-0.25, -0.2) is 14.8 Å². The van der Waals surface area contributed by atoms with Crippen LogP contribution in [0.4, 0.5) is 10.8 Å². The number of nitrogens with zero attached hydrogens (tertiary/aromatic N) is 3. The zero-order chi connectivity index (χ0) is 19.6. The van der Waals surface area contributed by atoms with Crippen LogP contribution in [0.3, 0.4) is 0 Å².